The number of rotatable bonds is 2. The Kier molecular flexibility index (Phi) is 4.38. The average molecular weight is 457 g/mol. The van der Waals surface area contributed by atoms with Gasteiger partial charge in [0.2, 0.25) is 0 Å². The van der Waals surface area contributed by atoms with E-state index in [1.165, 1.54) is 0 Å². The minimum atomic E-state index is -0.166. The van der Waals surface area contributed by atoms with Gasteiger partial charge in [0, 0.05) is 22.6 Å². The second kappa shape index (κ2) is 6.83. The minimum Gasteiger partial charge on any atom is -0.383 e. The number of likely N-dealkylation sites (N-methyl/N-ethyl adjacent to an activating group) is 1. The predicted octanol–water partition coefficient (Wildman–Crippen LogP) is 3.84. The number of nitrogen functional groups attached to an aromatic ring is 1. The van der Waals surface area contributed by atoms with Gasteiger partial charge in [-0.15, -0.1) is 0 Å². The zero-order valence-electron chi connectivity index (χ0n) is 16.2. The quantitative estimate of drug-likeness (QED) is 0.610. The van der Waals surface area contributed by atoms with Gasteiger partial charge in [-0.2, -0.15) is 0 Å². The number of nitrogens with zero attached hydrogens (tertiary/aromatic N) is 2. The largest absolute Gasteiger partial charge is 0.383 e. The van der Waals surface area contributed by atoms with Crippen molar-refractivity contribution >= 4 is 38.7 Å². The van der Waals surface area contributed by atoms with E-state index < -0.39 is 0 Å². The molecule has 29 heavy (non-hydrogen) atoms. The summed E-state index contributed by atoms with van der Waals surface area (Å²) in [6, 6.07) is 7.72. The SMILES string of the molecule is C[C@@H]1OC[C@H](N(C)C(=O)c2cc3nc(N)c4c(c3[nH]2)COC4)c2ccc(Br)cc21. The third-order valence-corrected chi connectivity index (χ3v) is 6.37. The molecule has 0 fully saturated rings. The van der Waals surface area contributed by atoms with Gasteiger partial charge in [-0.05, 0) is 36.2 Å². The minimum absolute atomic E-state index is 0.00918. The number of anilines is 1. The lowest BCUT2D eigenvalue weighted by molar-refractivity contribution is 0.00475. The Labute approximate surface area is 176 Å². The van der Waals surface area contributed by atoms with Crippen molar-refractivity contribution in [3.63, 3.8) is 0 Å². The van der Waals surface area contributed by atoms with E-state index >= 15 is 0 Å². The molecule has 8 heteroatoms. The van der Waals surface area contributed by atoms with Crippen LogP contribution >= 0.6 is 15.9 Å². The Morgan fingerprint density at radius 3 is 2.90 bits per heavy atom. The summed E-state index contributed by atoms with van der Waals surface area (Å²) in [5.74, 6) is 0.344. The molecule has 2 aliphatic rings. The van der Waals surface area contributed by atoms with Crippen molar-refractivity contribution in [3.05, 3.63) is 56.7 Å². The molecule has 3 N–H and O–H groups in total. The zero-order valence-corrected chi connectivity index (χ0v) is 17.7. The van der Waals surface area contributed by atoms with Gasteiger partial charge >= 0.3 is 0 Å². The van der Waals surface area contributed by atoms with E-state index in [-0.39, 0.29) is 18.1 Å². The molecule has 0 spiro atoms. The molecule has 2 aromatic heterocycles. The number of carbonyl (C=O) groups excluding carboxylic acids is 1. The number of pyridine rings is 1. The van der Waals surface area contributed by atoms with Gasteiger partial charge in [0.05, 0.1) is 43.0 Å². The lowest BCUT2D eigenvalue weighted by Crippen LogP contribution is -2.37. The number of H-pyrrole nitrogens is 1. The van der Waals surface area contributed by atoms with Crippen molar-refractivity contribution in [1.82, 2.24) is 14.9 Å². The molecule has 0 radical (unpaired) electrons. The number of amides is 1. The molecular formula is C21H21BrN4O3. The molecule has 2 atom stereocenters. The van der Waals surface area contributed by atoms with Crippen LogP contribution < -0.4 is 5.73 Å². The fraction of sp³-hybridized carbons (Fsp3) is 0.333. The summed E-state index contributed by atoms with van der Waals surface area (Å²) in [4.78, 5) is 22.7. The summed E-state index contributed by atoms with van der Waals surface area (Å²) in [5.41, 5.74) is 12.1. The fourth-order valence-electron chi connectivity index (χ4n) is 4.22. The van der Waals surface area contributed by atoms with Crippen molar-refractivity contribution in [2.45, 2.75) is 32.3 Å². The van der Waals surface area contributed by atoms with E-state index in [1.807, 2.05) is 13.0 Å². The first kappa shape index (κ1) is 18.6. The van der Waals surface area contributed by atoms with Gasteiger partial charge in [-0.1, -0.05) is 22.0 Å². The Hall–Kier alpha value is -2.42. The molecule has 0 bridgehead atoms. The third-order valence-electron chi connectivity index (χ3n) is 5.87. The van der Waals surface area contributed by atoms with E-state index in [0.29, 0.717) is 36.8 Å². The van der Waals surface area contributed by atoms with Crippen LogP contribution in [0.2, 0.25) is 0 Å². The number of nitrogens with two attached hydrogens (primary N) is 1. The number of aromatic amines is 1. The molecule has 0 saturated heterocycles. The molecule has 1 aromatic carbocycles. The molecule has 150 valence electrons. The van der Waals surface area contributed by atoms with Crippen molar-refractivity contribution < 1.29 is 14.3 Å². The van der Waals surface area contributed by atoms with E-state index in [4.69, 9.17) is 15.2 Å². The highest BCUT2D eigenvalue weighted by molar-refractivity contribution is 9.10. The fourth-order valence-corrected chi connectivity index (χ4v) is 4.60. The molecule has 3 aromatic rings. The molecule has 4 heterocycles. The standard InChI is InChI=1S/C21H21BrN4O3/c1-10-13-5-11(22)3-4-12(13)18(9-29-10)26(2)21(27)17-6-16-19(24-17)14-7-28-8-15(14)20(23)25-16/h3-6,10,18,24H,7-9H2,1-2H3,(H2,23,25)/t10-,18-/m0/s1. The molecule has 0 unspecified atom stereocenters. The number of halogens is 1. The highest BCUT2D eigenvalue weighted by atomic mass is 79.9. The maximum atomic E-state index is 13.3. The van der Waals surface area contributed by atoms with Crippen LogP contribution in [0.4, 0.5) is 5.82 Å². The smallest absolute Gasteiger partial charge is 0.270 e. The molecule has 1 amide bonds. The van der Waals surface area contributed by atoms with E-state index in [2.05, 4.69) is 38.0 Å². The molecule has 7 nitrogen and oxygen atoms in total. The van der Waals surface area contributed by atoms with Crippen LogP contribution in [0.5, 0.6) is 0 Å². The van der Waals surface area contributed by atoms with E-state index in [0.717, 1.165) is 32.2 Å². The lowest BCUT2D eigenvalue weighted by Gasteiger charge is -2.35. The number of hydrogen-bond donors (Lipinski definition) is 2. The van der Waals surface area contributed by atoms with Gasteiger partial charge < -0.3 is 25.1 Å². The van der Waals surface area contributed by atoms with Crippen molar-refractivity contribution in [2.75, 3.05) is 19.4 Å². The summed E-state index contributed by atoms with van der Waals surface area (Å²) in [6.45, 7) is 3.40. The summed E-state index contributed by atoms with van der Waals surface area (Å²) < 4.78 is 12.5. The highest BCUT2D eigenvalue weighted by Gasteiger charge is 2.32. The number of ether oxygens (including phenoxy) is 2. The second-order valence-electron chi connectivity index (χ2n) is 7.57. The predicted molar refractivity (Wildman–Crippen MR) is 112 cm³/mol. The zero-order chi connectivity index (χ0) is 20.3. The Bertz CT molecular complexity index is 1140. The average Bonchev–Trinajstić information content (AvgIpc) is 3.35. The molecule has 0 saturated carbocycles. The molecule has 2 aliphatic heterocycles. The monoisotopic (exact) mass is 456 g/mol. The molecule has 0 aliphatic carbocycles. The van der Waals surface area contributed by atoms with Crippen LogP contribution in [-0.4, -0.2) is 34.4 Å². The van der Waals surface area contributed by atoms with Crippen LogP contribution in [-0.2, 0) is 22.7 Å². The summed E-state index contributed by atoms with van der Waals surface area (Å²) >= 11 is 3.52. The van der Waals surface area contributed by atoms with Crippen LogP contribution in [0.1, 0.15) is 51.8 Å². The third kappa shape index (κ3) is 2.94. The highest BCUT2D eigenvalue weighted by Crippen LogP contribution is 2.37. The van der Waals surface area contributed by atoms with Gasteiger partial charge in [0.15, 0.2) is 0 Å². The van der Waals surface area contributed by atoms with Crippen LogP contribution in [0.25, 0.3) is 11.0 Å². The molecular weight excluding hydrogens is 436 g/mol. The van der Waals surface area contributed by atoms with Crippen molar-refractivity contribution in [1.29, 1.82) is 0 Å². The number of aromatic nitrogens is 2. The van der Waals surface area contributed by atoms with Gasteiger partial charge in [-0.25, -0.2) is 4.98 Å². The topological polar surface area (TPSA) is 93.5 Å². The van der Waals surface area contributed by atoms with Gasteiger partial charge in [0.1, 0.15) is 11.5 Å². The van der Waals surface area contributed by atoms with E-state index in [1.54, 1.807) is 18.0 Å². The lowest BCUT2D eigenvalue weighted by atomic mass is 9.94. The normalized spacial score (nSPS) is 20.5. The summed E-state index contributed by atoms with van der Waals surface area (Å²) in [6.07, 6.45) is -0.00918. The number of nitrogens with one attached hydrogen (secondary N) is 1. The number of benzene rings is 1. The molecule has 5 rings (SSSR count). The van der Waals surface area contributed by atoms with Crippen LogP contribution in [0, 0.1) is 0 Å². The first-order valence-corrected chi connectivity index (χ1v) is 10.3. The number of fused-ring (bicyclic) bond motifs is 4. The summed E-state index contributed by atoms with van der Waals surface area (Å²) in [5, 5.41) is 0. The number of carbonyl (C=O) groups is 1. The maximum Gasteiger partial charge on any atom is 0.270 e. The van der Waals surface area contributed by atoms with Gasteiger partial charge in [-0.3, -0.25) is 4.79 Å². The second-order valence-corrected chi connectivity index (χ2v) is 8.49. The Morgan fingerprint density at radius 1 is 1.28 bits per heavy atom. The maximum absolute atomic E-state index is 13.3. The van der Waals surface area contributed by atoms with Gasteiger partial charge in [0.25, 0.3) is 5.91 Å². The first-order valence-electron chi connectivity index (χ1n) is 9.50. The van der Waals surface area contributed by atoms with E-state index in [9.17, 15) is 4.79 Å². The summed E-state index contributed by atoms with van der Waals surface area (Å²) in [7, 11) is 1.80. The van der Waals surface area contributed by atoms with Crippen molar-refractivity contribution in [3.8, 4) is 0 Å². The first-order chi connectivity index (χ1) is 13.9. The van der Waals surface area contributed by atoms with Crippen LogP contribution in [0.3, 0.4) is 0 Å². The Balaban J connectivity index is 1.51. The van der Waals surface area contributed by atoms with Crippen LogP contribution in [0.15, 0.2) is 28.7 Å². The number of hydrogen-bond acceptors (Lipinski definition) is 5. The van der Waals surface area contributed by atoms with Crippen molar-refractivity contribution in [2.24, 2.45) is 0 Å². The Morgan fingerprint density at radius 2 is 2.07 bits per heavy atom.